The van der Waals surface area contributed by atoms with Crippen molar-refractivity contribution < 1.29 is 9.53 Å². The number of aromatic amines is 1. The fourth-order valence-corrected chi connectivity index (χ4v) is 3.09. The van der Waals surface area contributed by atoms with E-state index in [1.807, 2.05) is 42.6 Å². The minimum Gasteiger partial charge on any atom is -0.486 e. The highest BCUT2D eigenvalue weighted by molar-refractivity contribution is 7.09. The highest BCUT2D eigenvalue weighted by atomic mass is 32.1. The van der Waals surface area contributed by atoms with Gasteiger partial charge >= 0.3 is 0 Å². The fourth-order valence-electron chi connectivity index (χ4n) is 2.32. The molecule has 0 saturated heterocycles. The quantitative estimate of drug-likeness (QED) is 0.666. The zero-order valence-electron chi connectivity index (χ0n) is 14.1. The van der Waals surface area contributed by atoms with Crippen LogP contribution in [-0.2, 0) is 6.61 Å². The van der Waals surface area contributed by atoms with E-state index in [1.165, 1.54) is 17.5 Å². The molecule has 0 spiro atoms. The van der Waals surface area contributed by atoms with Gasteiger partial charge in [-0.3, -0.25) is 9.59 Å². The molecule has 1 amide bonds. The number of thiazole rings is 1. The second-order valence-electron chi connectivity index (χ2n) is 5.48. The molecule has 134 valence electrons. The van der Waals surface area contributed by atoms with E-state index >= 15 is 0 Å². The van der Waals surface area contributed by atoms with Crippen LogP contribution in [0, 0.1) is 0 Å². The summed E-state index contributed by atoms with van der Waals surface area (Å²) in [6, 6.07) is 8.97. The summed E-state index contributed by atoms with van der Waals surface area (Å²) in [6.07, 6.45) is 3.63. The molecule has 0 bridgehead atoms. The first-order chi connectivity index (χ1) is 12.7. The van der Waals surface area contributed by atoms with Gasteiger partial charge in [-0.2, -0.15) is 0 Å². The molecule has 0 fully saturated rings. The number of nitrogens with zero attached hydrogens (tertiary/aromatic N) is 2. The minimum absolute atomic E-state index is 0.0385. The Morgan fingerprint density at radius 2 is 2.12 bits per heavy atom. The van der Waals surface area contributed by atoms with E-state index in [9.17, 15) is 9.59 Å². The molecule has 8 heteroatoms. The van der Waals surface area contributed by atoms with E-state index in [-0.39, 0.29) is 18.2 Å². The molecule has 1 aromatic carbocycles. The Bertz CT molecular complexity index is 910. The maximum absolute atomic E-state index is 12.4. The molecule has 2 heterocycles. The van der Waals surface area contributed by atoms with Crippen LogP contribution < -0.4 is 15.6 Å². The number of hydrogen-bond acceptors (Lipinski definition) is 6. The summed E-state index contributed by atoms with van der Waals surface area (Å²) in [5.41, 5.74) is -0.540. The summed E-state index contributed by atoms with van der Waals surface area (Å²) in [6.45, 7) is 2.05. The van der Waals surface area contributed by atoms with Crippen LogP contribution in [0.3, 0.4) is 0 Å². The lowest BCUT2D eigenvalue weighted by Gasteiger charge is -2.14. The van der Waals surface area contributed by atoms with Crippen molar-refractivity contribution in [1.82, 2.24) is 20.3 Å². The third-order valence-electron chi connectivity index (χ3n) is 3.68. The number of H-pyrrole nitrogens is 1. The summed E-state index contributed by atoms with van der Waals surface area (Å²) < 4.78 is 5.54. The Kier molecular flexibility index (Phi) is 5.75. The summed E-state index contributed by atoms with van der Waals surface area (Å²) in [5, 5.41) is 5.47. The molecular weight excluding hydrogens is 352 g/mol. The Labute approximate surface area is 154 Å². The van der Waals surface area contributed by atoms with Crippen molar-refractivity contribution in [3.05, 3.63) is 74.9 Å². The van der Waals surface area contributed by atoms with Gasteiger partial charge in [0.05, 0.1) is 6.04 Å². The average Bonchev–Trinajstić information content (AvgIpc) is 3.19. The third kappa shape index (κ3) is 4.34. The summed E-state index contributed by atoms with van der Waals surface area (Å²) in [5.74, 6) is 0.546. The number of amides is 1. The van der Waals surface area contributed by atoms with Gasteiger partial charge < -0.3 is 15.0 Å². The zero-order chi connectivity index (χ0) is 18.4. The number of nitrogens with one attached hydrogen (secondary N) is 2. The molecule has 0 aliphatic carbocycles. The molecular formula is C18H18N4O3S. The Morgan fingerprint density at radius 3 is 2.77 bits per heavy atom. The van der Waals surface area contributed by atoms with Crippen molar-refractivity contribution in [2.75, 3.05) is 0 Å². The van der Waals surface area contributed by atoms with Crippen molar-refractivity contribution in [1.29, 1.82) is 0 Å². The lowest BCUT2D eigenvalue weighted by molar-refractivity contribution is 0.0933. The van der Waals surface area contributed by atoms with Crippen molar-refractivity contribution in [2.24, 2.45) is 0 Å². The van der Waals surface area contributed by atoms with Crippen LogP contribution in [0.15, 0.2) is 52.9 Å². The zero-order valence-corrected chi connectivity index (χ0v) is 15.0. The van der Waals surface area contributed by atoms with Gasteiger partial charge in [0.1, 0.15) is 28.8 Å². The molecule has 2 N–H and O–H groups in total. The van der Waals surface area contributed by atoms with Crippen LogP contribution in [-0.4, -0.2) is 20.9 Å². The minimum atomic E-state index is -0.502. The Hall–Kier alpha value is -3.00. The van der Waals surface area contributed by atoms with Gasteiger partial charge in [-0.15, -0.1) is 11.3 Å². The molecule has 0 unspecified atom stereocenters. The smallest absolute Gasteiger partial charge is 0.263 e. The first kappa shape index (κ1) is 17.8. The largest absolute Gasteiger partial charge is 0.486 e. The molecule has 7 nitrogen and oxygen atoms in total. The van der Waals surface area contributed by atoms with E-state index < -0.39 is 11.5 Å². The second-order valence-corrected chi connectivity index (χ2v) is 6.41. The second kappa shape index (κ2) is 8.39. The van der Waals surface area contributed by atoms with Crippen LogP contribution in [0.4, 0.5) is 0 Å². The molecule has 0 saturated carbocycles. The summed E-state index contributed by atoms with van der Waals surface area (Å²) in [7, 11) is 0. The summed E-state index contributed by atoms with van der Waals surface area (Å²) in [4.78, 5) is 35.5. The predicted octanol–water partition coefficient (Wildman–Crippen LogP) is 2.69. The fraction of sp³-hybridized carbons (Fsp3) is 0.222. The van der Waals surface area contributed by atoms with Crippen LogP contribution in [0.25, 0.3) is 0 Å². The monoisotopic (exact) mass is 370 g/mol. The number of benzene rings is 1. The van der Waals surface area contributed by atoms with Crippen molar-refractivity contribution in [2.45, 2.75) is 26.0 Å². The van der Waals surface area contributed by atoms with Gasteiger partial charge in [0, 0.05) is 17.8 Å². The highest BCUT2D eigenvalue weighted by Gasteiger charge is 2.18. The van der Waals surface area contributed by atoms with Crippen LogP contribution in [0.5, 0.6) is 5.75 Å². The first-order valence-electron chi connectivity index (χ1n) is 8.13. The van der Waals surface area contributed by atoms with Gasteiger partial charge in [0.2, 0.25) is 0 Å². The highest BCUT2D eigenvalue weighted by Crippen LogP contribution is 2.19. The Balaban J connectivity index is 1.67. The molecule has 26 heavy (non-hydrogen) atoms. The summed E-state index contributed by atoms with van der Waals surface area (Å²) >= 11 is 1.46. The lowest BCUT2D eigenvalue weighted by atomic mass is 10.2. The number of ether oxygens (including phenoxy) is 1. The predicted molar refractivity (Wildman–Crippen MR) is 98.2 cm³/mol. The molecule has 3 aromatic rings. The van der Waals surface area contributed by atoms with E-state index in [4.69, 9.17) is 4.74 Å². The molecule has 3 rings (SSSR count). The molecule has 0 aliphatic rings. The van der Waals surface area contributed by atoms with Crippen LogP contribution >= 0.6 is 11.3 Å². The normalized spacial score (nSPS) is 11.7. The maximum Gasteiger partial charge on any atom is 0.263 e. The maximum atomic E-state index is 12.4. The molecule has 0 radical (unpaired) electrons. The number of carbonyl (C=O) groups is 1. The number of carbonyl (C=O) groups excluding carboxylic acids is 1. The van der Waals surface area contributed by atoms with Gasteiger partial charge in [-0.05, 0) is 18.6 Å². The topological polar surface area (TPSA) is 97.0 Å². The molecule has 0 aliphatic heterocycles. The third-order valence-corrected chi connectivity index (χ3v) is 4.57. The van der Waals surface area contributed by atoms with E-state index in [2.05, 4.69) is 20.3 Å². The number of rotatable bonds is 7. The lowest BCUT2D eigenvalue weighted by Crippen LogP contribution is -2.33. The average molecular weight is 370 g/mol. The Morgan fingerprint density at radius 1 is 1.31 bits per heavy atom. The van der Waals surface area contributed by atoms with E-state index in [0.29, 0.717) is 18.0 Å². The molecule has 2 aromatic heterocycles. The van der Waals surface area contributed by atoms with Gasteiger partial charge in [0.25, 0.3) is 11.5 Å². The van der Waals surface area contributed by atoms with Gasteiger partial charge in [-0.1, -0.05) is 25.1 Å². The number of para-hydroxylation sites is 1. The van der Waals surface area contributed by atoms with Gasteiger partial charge in [-0.25, -0.2) is 9.97 Å². The standard InChI is InChI=1S/C18H18N4O3S/c1-2-14(18-19-8-9-26-18)21-16(23)13-10-20-15(22-17(13)24)11-25-12-6-4-3-5-7-12/h3-10,14H,2,11H2,1H3,(H,21,23)(H,20,22,24)/t14-/m1/s1. The van der Waals surface area contributed by atoms with Crippen molar-refractivity contribution in [3.63, 3.8) is 0 Å². The van der Waals surface area contributed by atoms with E-state index in [0.717, 1.165) is 5.01 Å². The van der Waals surface area contributed by atoms with Crippen molar-refractivity contribution in [3.8, 4) is 5.75 Å². The first-order valence-corrected chi connectivity index (χ1v) is 9.01. The SMILES string of the molecule is CC[C@@H](NC(=O)c1cnc(COc2ccccc2)[nH]c1=O)c1nccs1. The van der Waals surface area contributed by atoms with Crippen LogP contribution in [0.2, 0.25) is 0 Å². The number of aromatic nitrogens is 3. The van der Waals surface area contributed by atoms with E-state index in [1.54, 1.807) is 6.20 Å². The number of hydrogen-bond donors (Lipinski definition) is 2. The molecule has 1 atom stereocenters. The van der Waals surface area contributed by atoms with Crippen LogP contribution in [0.1, 0.15) is 40.6 Å². The van der Waals surface area contributed by atoms with Crippen molar-refractivity contribution >= 4 is 17.2 Å². The van der Waals surface area contributed by atoms with Gasteiger partial charge in [0.15, 0.2) is 0 Å².